The van der Waals surface area contributed by atoms with Crippen molar-refractivity contribution in [3.63, 3.8) is 0 Å². The molecular formula is C14H14ClN3. The summed E-state index contributed by atoms with van der Waals surface area (Å²) in [5.74, 6) is 1.43. The topological polar surface area (TPSA) is 37.8 Å². The number of hydrogen-bond donors (Lipinski definition) is 1. The number of nitrogens with one attached hydrogen (secondary N) is 1. The van der Waals surface area contributed by atoms with E-state index in [2.05, 4.69) is 39.6 Å². The second-order valence-corrected chi connectivity index (χ2v) is 4.98. The minimum Gasteiger partial charge on any atom is -0.362 e. The van der Waals surface area contributed by atoms with Crippen LogP contribution in [0, 0.1) is 5.92 Å². The van der Waals surface area contributed by atoms with Crippen molar-refractivity contribution in [1.29, 1.82) is 0 Å². The Morgan fingerprint density at radius 3 is 2.61 bits per heavy atom. The molecule has 0 bridgehead atoms. The van der Waals surface area contributed by atoms with Crippen LogP contribution in [0.3, 0.4) is 0 Å². The van der Waals surface area contributed by atoms with E-state index in [4.69, 9.17) is 11.6 Å². The molecule has 0 amide bonds. The monoisotopic (exact) mass is 259 g/mol. The van der Waals surface area contributed by atoms with Gasteiger partial charge in [-0.1, -0.05) is 41.9 Å². The van der Waals surface area contributed by atoms with Crippen molar-refractivity contribution in [2.75, 3.05) is 5.32 Å². The quantitative estimate of drug-likeness (QED) is 0.910. The molecule has 1 saturated carbocycles. The van der Waals surface area contributed by atoms with E-state index in [1.165, 1.54) is 18.4 Å². The highest BCUT2D eigenvalue weighted by Crippen LogP contribution is 2.42. The molecule has 1 aromatic carbocycles. The van der Waals surface area contributed by atoms with Crippen molar-refractivity contribution in [2.45, 2.75) is 18.9 Å². The maximum Gasteiger partial charge on any atom is 0.149 e. The van der Waals surface area contributed by atoms with Crippen LogP contribution in [-0.4, -0.2) is 9.97 Å². The molecule has 1 unspecified atom stereocenters. The maximum absolute atomic E-state index is 5.86. The van der Waals surface area contributed by atoms with Gasteiger partial charge in [0.25, 0.3) is 0 Å². The molecule has 4 heteroatoms. The van der Waals surface area contributed by atoms with Crippen LogP contribution in [-0.2, 0) is 0 Å². The molecule has 3 rings (SSSR count). The largest absolute Gasteiger partial charge is 0.362 e. The number of aromatic nitrogens is 2. The van der Waals surface area contributed by atoms with Crippen LogP contribution in [0.5, 0.6) is 0 Å². The summed E-state index contributed by atoms with van der Waals surface area (Å²) in [6, 6.07) is 10.8. The van der Waals surface area contributed by atoms with Gasteiger partial charge in [0.2, 0.25) is 0 Å². The lowest BCUT2D eigenvalue weighted by atomic mass is 10.0. The van der Waals surface area contributed by atoms with Gasteiger partial charge >= 0.3 is 0 Å². The Morgan fingerprint density at radius 2 is 1.94 bits per heavy atom. The van der Waals surface area contributed by atoms with Gasteiger partial charge < -0.3 is 5.32 Å². The normalized spacial score (nSPS) is 16.3. The summed E-state index contributed by atoms with van der Waals surface area (Å²) >= 11 is 5.86. The van der Waals surface area contributed by atoms with Gasteiger partial charge in [-0.3, -0.25) is 4.98 Å². The first-order valence-corrected chi connectivity index (χ1v) is 6.50. The third-order valence-electron chi connectivity index (χ3n) is 3.16. The van der Waals surface area contributed by atoms with Gasteiger partial charge in [-0.2, -0.15) is 0 Å². The van der Waals surface area contributed by atoms with Gasteiger partial charge in [0.1, 0.15) is 11.0 Å². The maximum atomic E-state index is 5.86. The van der Waals surface area contributed by atoms with E-state index in [9.17, 15) is 0 Å². The van der Waals surface area contributed by atoms with Crippen molar-refractivity contribution in [3.8, 4) is 0 Å². The van der Waals surface area contributed by atoms with E-state index in [1.54, 1.807) is 12.4 Å². The predicted octanol–water partition coefficient (Wildman–Crippen LogP) is 3.69. The lowest BCUT2D eigenvalue weighted by molar-refractivity contribution is 0.675. The van der Waals surface area contributed by atoms with Gasteiger partial charge in [0, 0.05) is 0 Å². The van der Waals surface area contributed by atoms with E-state index >= 15 is 0 Å². The second kappa shape index (κ2) is 4.94. The summed E-state index contributed by atoms with van der Waals surface area (Å²) in [5, 5.41) is 3.86. The summed E-state index contributed by atoms with van der Waals surface area (Å²) in [7, 11) is 0. The highest BCUT2D eigenvalue weighted by atomic mass is 35.5. The van der Waals surface area contributed by atoms with Crippen molar-refractivity contribution in [3.05, 3.63) is 53.4 Å². The highest BCUT2D eigenvalue weighted by Gasteiger charge is 2.32. The molecule has 1 N–H and O–H groups in total. The number of nitrogens with zero attached hydrogens (tertiary/aromatic N) is 2. The molecule has 1 fully saturated rings. The second-order valence-electron chi connectivity index (χ2n) is 4.60. The zero-order chi connectivity index (χ0) is 12.4. The molecule has 1 heterocycles. The molecule has 92 valence electrons. The van der Waals surface area contributed by atoms with Crippen LogP contribution in [0.25, 0.3) is 0 Å². The summed E-state index contributed by atoms with van der Waals surface area (Å²) in [5.41, 5.74) is 1.29. The molecule has 0 radical (unpaired) electrons. The number of hydrogen-bond acceptors (Lipinski definition) is 3. The van der Waals surface area contributed by atoms with Gasteiger partial charge in [-0.25, -0.2) is 4.98 Å². The minimum absolute atomic E-state index is 0.305. The van der Waals surface area contributed by atoms with E-state index in [1.807, 2.05) is 6.07 Å². The Hall–Kier alpha value is -1.61. The lowest BCUT2D eigenvalue weighted by Crippen LogP contribution is -2.13. The highest BCUT2D eigenvalue weighted by molar-refractivity contribution is 6.29. The zero-order valence-corrected chi connectivity index (χ0v) is 10.6. The standard InChI is InChI=1S/C14H14ClN3/c15-12-8-16-9-13(17-12)18-14(11-6-7-11)10-4-2-1-3-5-10/h1-5,8-9,11,14H,6-7H2,(H,17,18). The fraction of sp³-hybridized carbons (Fsp3) is 0.286. The molecule has 2 aromatic rings. The molecule has 1 atom stereocenters. The van der Waals surface area contributed by atoms with E-state index in [0.29, 0.717) is 17.1 Å². The smallest absolute Gasteiger partial charge is 0.149 e. The Labute approximate surface area is 111 Å². The molecule has 1 aliphatic carbocycles. The summed E-state index contributed by atoms with van der Waals surface area (Å²) in [4.78, 5) is 8.29. The average molecular weight is 260 g/mol. The van der Waals surface area contributed by atoms with Crippen molar-refractivity contribution < 1.29 is 0 Å². The summed E-state index contributed by atoms with van der Waals surface area (Å²) in [6.07, 6.45) is 5.78. The van der Waals surface area contributed by atoms with Crippen molar-refractivity contribution >= 4 is 17.4 Å². The van der Waals surface area contributed by atoms with E-state index in [-0.39, 0.29) is 0 Å². The average Bonchev–Trinajstić information content (AvgIpc) is 3.21. The molecule has 1 aliphatic rings. The van der Waals surface area contributed by atoms with Gasteiger partial charge in [-0.15, -0.1) is 0 Å². The fourth-order valence-electron chi connectivity index (χ4n) is 2.13. The van der Waals surface area contributed by atoms with Crippen LogP contribution in [0.4, 0.5) is 5.82 Å². The Balaban J connectivity index is 1.83. The molecular weight excluding hydrogens is 246 g/mol. The molecule has 18 heavy (non-hydrogen) atoms. The molecule has 0 saturated heterocycles. The third-order valence-corrected chi connectivity index (χ3v) is 3.34. The van der Waals surface area contributed by atoms with Gasteiger partial charge in [0.05, 0.1) is 18.4 Å². The Bertz CT molecular complexity index is 526. The third kappa shape index (κ3) is 2.62. The first-order valence-electron chi connectivity index (χ1n) is 6.12. The van der Waals surface area contributed by atoms with Crippen LogP contribution < -0.4 is 5.32 Å². The first-order chi connectivity index (χ1) is 8.83. The van der Waals surface area contributed by atoms with Crippen LogP contribution >= 0.6 is 11.6 Å². The number of benzene rings is 1. The predicted molar refractivity (Wildman–Crippen MR) is 72.6 cm³/mol. The number of anilines is 1. The fourth-order valence-corrected chi connectivity index (χ4v) is 2.28. The van der Waals surface area contributed by atoms with E-state index < -0.39 is 0 Å². The van der Waals surface area contributed by atoms with Crippen LogP contribution in [0.15, 0.2) is 42.7 Å². The Kier molecular flexibility index (Phi) is 3.15. The molecule has 0 aliphatic heterocycles. The van der Waals surface area contributed by atoms with Crippen molar-refractivity contribution in [2.24, 2.45) is 5.92 Å². The summed E-state index contributed by atoms with van der Waals surface area (Å²) < 4.78 is 0. The number of rotatable bonds is 4. The molecule has 1 aromatic heterocycles. The minimum atomic E-state index is 0.305. The first kappa shape index (κ1) is 11.5. The van der Waals surface area contributed by atoms with Crippen molar-refractivity contribution in [1.82, 2.24) is 9.97 Å². The molecule has 0 spiro atoms. The molecule has 3 nitrogen and oxygen atoms in total. The van der Waals surface area contributed by atoms with Crippen LogP contribution in [0.1, 0.15) is 24.4 Å². The van der Waals surface area contributed by atoms with Gasteiger partial charge in [0.15, 0.2) is 0 Å². The number of halogens is 1. The lowest BCUT2D eigenvalue weighted by Gasteiger charge is -2.19. The zero-order valence-electron chi connectivity index (χ0n) is 9.88. The van der Waals surface area contributed by atoms with E-state index in [0.717, 1.165) is 5.82 Å². The Morgan fingerprint density at radius 1 is 1.17 bits per heavy atom. The summed E-state index contributed by atoms with van der Waals surface area (Å²) in [6.45, 7) is 0. The van der Waals surface area contributed by atoms with Crippen LogP contribution in [0.2, 0.25) is 5.15 Å². The SMILES string of the molecule is Clc1cncc(NC(c2ccccc2)C2CC2)n1. The van der Waals surface area contributed by atoms with Gasteiger partial charge in [-0.05, 0) is 24.3 Å².